The molecule has 0 radical (unpaired) electrons. The lowest BCUT2D eigenvalue weighted by Gasteiger charge is -2.60. The van der Waals surface area contributed by atoms with Crippen LogP contribution in [-0.4, -0.2) is 124 Å². The van der Waals surface area contributed by atoms with Crippen molar-refractivity contribution in [3.8, 4) is 0 Å². The molecule has 0 saturated carbocycles. The second kappa shape index (κ2) is 23.6. The third-order valence-corrected chi connectivity index (χ3v) is 33.3. The predicted octanol–water partition coefficient (Wildman–Crippen LogP) is 14.9. The Labute approximate surface area is 480 Å². The first kappa shape index (κ1) is 61.7. The van der Waals surface area contributed by atoms with Crippen molar-refractivity contribution in [1.29, 1.82) is 0 Å². The lowest BCUT2D eigenvalue weighted by atomic mass is 9.73. The molecule has 0 aromatic heterocycles. The normalized spacial score (nSPS) is 40.3. The van der Waals surface area contributed by atoms with E-state index in [1.54, 1.807) is 0 Å². The Balaban J connectivity index is 0.936. The van der Waals surface area contributed by atoms with E-state index < -0.39 is 50.2 Å². The SMILES string of the molecule is CC(C)[Si](OC[C@]1(C)O[C@H]2/C=C\C[C@H]3O[C@H]4C[C@H]5O[C@H]6C[C@@]7(C)O[C@@](C)(COCc8ccccc8)[C@H](OCc8ccccc8)C[C@@H]7O[C@]6(C)CC[C@]5(C)O[C@]4(C)C[C@@H]3O[C@@H]2C[C@@H]1O[Si](C(C)C)(C(C)C)C(C)C)(C(C)C)C(C)C. The lowest BCUT2D eigenvalue weighted by molar-refractivity contribution is -0.358. The zero-order valence-electron chi connectivity index (χ0n) is 52.1. The average molecular weight is 1130 g/mol. The highest BCUT2D eigenvalue weighted by atomic mass is 28.4. The van der Waals surface area contributed by atoms with Crippen molar-refractivity contribution in [3.05, 3.63) is 83.9 Å². The summed E-state index contributed by atoms with van der Waals surface area (Å²) in [5.74, 6) is 0. The second-order valence-electron chi connectivity index (χ2n) is 28.8. The van der Waals surface area contributed by atoms with Crippen LogP contribution in [0.2, 0.25) is 33.2 Å². The third kappa shape index (κ3) is 12.0. The van der Waals surface area contributed by atoms with Crippen molar-refractivity contribution < 1.29 is 51.5 Å². The van der Waals surface area contributed by atoms with Crippen LogP contribution in [0.1, 0.15) is 187 Å². The van der Waals surface area contributed by atoms with Gasteiger partial charge in [-0.15, -0.1) is 0 Å². The number of benzene rings is 2. The number of hydrogen-bond donors (Lipinski definition) is 0. The van der Waals surface area contributed by atoms with Crippen molar-refractivity contribution >= 4 is 16.6 Å². The van der Waals surface area contributed by atoms with Gasteiger partial charge in [-0.1, -0.05) is 156 Å². The van der Waals surface area contributed by atoms with Gasteiger partial charge >= 0.3 is 0 Å². The fourth-order valence-electron chi connectivity index (χ4n) is 16.8. The molecule has 7 heterocycles. The summed E-state index contributed by atoms with van der Waals surface area (Å²) in [5, 5.41) is 0. The maximum Gasteiger partial charge on any atom is 0.200 e. The minimum Gasteiger partial charge on any atom is -0.413 e. The van der Waals surface area contributed by atoms with Gasteiger partial charge in [0.2, 0.25) is 8.32 Å². The van der Waals surface area contributed by atoms with Gasteiger partial charge in [0, 0.05) is 32.1 Å². The standard InChI is InChI=1S/C66H106O11Si2/c1-43(2)78(44(3)4,45(5)6)69-42-65(17)59(75-79(46(7)8,47(9)10)48(11)12)34-53-52(73-65)31-25-30-51-54(70-53)37-63(15)57(71-51)36-56-62(14,76-63)33-32-61(13)60(72-56)38-64(16)58(74-61)35-55(68-40-50-28-23-20-24-29-50)66(18,77-64)41-67-39-49-26-21-19-22-27-49/h19-29,31,43-48,51-60H,30,32-42H2,1-18H3/b31-25-/t51-,52+,53-,54+,55-,56-,57+,58+,59+,60+,61-,62+,63-,64-,65+,66+/m1/s1. The van der Waals surface area contributed by atoms with Crippen LogP contribution in [0, 0.1) is 0 Å². The molecule has 16 atom stereocenters. The first-order valence-electron chi connectivity index (χ1n) is 31.1. The van der Waals surface area contributed by atoms with E-state index in [9.17, 15) is 0 Å². The van der Waals surface area contributed by atoms with Gasteiger partial charge in [-0.05, 0) is 105 Å². The Morgan fingerprint density at radius 2 is 1.06 bits per heavy atom. The van der Waals surface area contributed by atoms with Crippen molar-refractivity contribution in [2.45, 2.75) is 317 Å². The van der Waals surface area contributed by atoms with Gasteiger partial charge in [0.25, 0.3) is 0 Å². The lowest BCUT2D eigenvalue weighted by Crippen LogP contribution is -2.70. The molecule has 7 aliphatic rings. The van der Waals surface area contributed by atoms with Crippen LogP contribution in [0.3, 0.4) is 0 Å². The van der Waals surface area contributed by atoms with Crippen molar-refractivity contribution in [1.82, 2.24) is 0 Å². The van der Waals surface area contributed by atoms with E-state index in [1.165, 1.54) is 0 Å². The molecule has 0 bridgehead atoms. The molecule has 9 rings (SSSR count). The first-order chi connectivity index (χ1) is 37.1. The zero-order chi connectivity index (χ0) is 57.1. The average Bonchev–Trinajstić information content (AvgIpc) is 3.70. The molecule has 7 aliphatic heterocycles. The summed E-state index contributed by atoms with van der Waals surface area (Å²) in [4.78, 5) is 0. The van der Waals surface area contributed by atoms with Crippen LogP contribution in [0.5, 0.6) is 0 Å². The van der Waals surface area contributed by atoms with Gasteiger partial charge in [-0.2, -0.15) is 0 Å². The first-order valence-corrected chi connectivity index (χ1v) is 35.4. The molecule has 6 saturated heterocycles. The van der Waals surface area contributed by atoms with Crippen molar-refractivity contribution in [2.24, 2.45) is 0 Å². The smallest absolute Gasteiger partial charge is 0.200 e. The summed E-state index contributed by atoms with van der Waals surface area (Å²) >= 11 is 0. The second-order valence-corrected chi connectivity index (χ2v) is 39.7. The largest absolute Gasteiger partial charge is 0.413 e. The van der Waals surface area contributed by atoms with Crippen molar-refractivity contribution in [2.75, 3.05) is 13.2 Å². The molecule has 6 fully saturated rings. The maximum atomic E-state index is 7.88. The van der Waals surface area contributed by atoms with Crippen LogP contribution >= 0.6 is 0 Å². The van der Waals surface area contributed by atoms with Crippen molar-refractivity contribution in [3.63, 3.8) is 0 Å². The summed E-state index contributed by atoms with van der Waals surface area (Å²) in [7, 11) is -4.61. The molecule has 13 heteroatoms. The summed E-state index contributed by atoms with van der Waals surface area (Å²) in [6.45, 7) is 43.8. The predicted molar refractivity (Wildman–Crippen MR) is 318 cm³/mol. The highest BCUT2D eigenvalue weighted by Crippen LogP contribution is 2.56. The van der Waals surface area contributed by atoms with Crippen LogP contribution in [0.15, 0.2) is 72.8 Å². The van der Waals surface area contributed by atoms with Gasteiger partial charge in [0.15, 0.2) is 8.32 Å². The molecule has 0 unspecified atom stereocenters. The number of rotatable bonds is 18. The van der Waals surface area contributed by atoms with E-state index in [0.717, 1.165) is 43.2 Å². The third-order valence-electron chi connectivity index (χ3n) is 21.1. The van der Waals surface area contributed by atoms with Gasteiger partial charge in [-0.25, -0.2) is 0 Å². The van der Waals surface area contributed by atoms with Crippen LogP contribution in [0.4, 0.5) is 0 Å². The Bertz CT molecular complexity index is 2310. The van der Waals surface area contributed by atoms with E-state index in [1.807, 2.05) is 12.1 Å². The topological polar surface area (TPSA) is 102 Å². The summed E-state index contributed by atoms with van der Waals surface area (Å²) in [6, 6.07) is 20.7. The number of hydrogen-bond acceptors (Lipinski definition) is 11. The molecule has 0 N–H and O–H groups in total. The molecular formula is C66H106O11Si2. The minimum atomic E-state index is -2.37. The van der Waals surface area contributed by atoms with Crippen LogP contribution in [0.25, 0.3) is 0 Å². The van der Waals surface area contributed by atoms with E-state index in [0.29, 0.717) is 78.9 Å². The van der Waals surface area contributed by atoms with E-state index in [4.69, 9.17) is 51.5 Å². The van der Waals surface area contributed by atoms with Gasteiger partial charge < -0.3 is 51.5 Å². The highest BCUT2D eigenvalue weighted by molar-refractivity contribution is 6.78. The van der Waals surface area contributed by atoms with Gasteiger partial charge in [0.05, 0.1) is 104 Å². The molecular weight excluding hydrogens is 1020 g/mol. The monoisotopic (exact) mass is 1130 g/mol. The summed E-state index contributed by atoms with van der Waals surface area (Å²) < 4.78 is 80.9. The Morgan fingerprint density at radius 1 is 0.494 bits per heavy atom. The minimum absolute atomic E-state index is 0.146. The van der Waals surface area contributed by atoms with Gasteiger partial charge in [0.1, 0.15) is 17.3 Å². The molecule has 444 valence electrons. The molecule has 11 nitrogen and oxygen atoms in total. The van der Waals surface area contributed by atoms with Gasteiger partial charge in [-0.3, -0.25) is 0 Å². The molecule has 0 aliphatic carbocycles. The molecule has 2 aromatic rings. The molecule has 0 spiro atoms. The van der Waals surface area contributed by atoms with Crippen LogP contribution in [-0.2, 0) is 64.7 Å². The summed E-state index contributed by atoms with van der Waals surface area (Å²) in [5.41, 5.74) is 1.05. The highest BCUT2D eigenvalue weighted by Gasteiger charge is 2.66. The molecule has 0 amide bonds. The van der Waals surface area contributed by atoms with Crippen LogP contribution < -0.4 is 0 Å². The fraction of sp³-hybridized carbons (Fsp3) is 0.788. The van der Waals surface area contributed by atoms with E-state index in [-0.39, 0.29) is 61.0 Å². The molecule has 2 aromatic carbocycles. The Morgan fingerprint density at radius 3 is 1.67 bits per heavy atom. The summed E-state index contributed by atoms with van der Waals surface area (Å²) in [6.07, 6.45) is 8.22. The quantitative estimate of drug-likeness (QED) is 0.105. The zero-order valence-corrected chi connectivity index (χ0v) is 54.1. The van der Waals surface area contributed by atoms with E-state index in [2.05, 4.69) is 185 Å². The Kier molecular flexibility index (Phi) is 18.4. The molecule has 79 heavy (non-hydrogen) atoms. The van der Waals surface area contributed by atoms with E-state index >= 15 is 0 Å². The fourth-order valence-corrected chi connectivity index (χ4v) is 28.0. The number of ether oxygens (including phenoxy) is 9. The Hall–Kier alpha value is -1.83. The number of fused-ring (bicyclic) bond motifs is 6. The maximum absolute atomic E-state index is 7.88.